The van der Waals surface area contributed by atoms with E-state index >= 15 is 0 Å². The fourth-order valence-electron chi connectivity index (χ4n) is 3.84. The van der Waals surface area contributed by atoms with Crippen LogP contribution in [0.25, 0.3) is 0 Å². The minimum Gasteiger partial charge on any atom is -0.493 e. The van der Waals surface area contributed by atoms with Gasteiger partial charge in [-0.3, -0.25) is 0 Å². The molecule has 2 aromatic rings. The zero-order valence-corrected chi connectivity index (χ0v) is 15.3. The Hall–Kier alpha value is -2.47. The number of nitrogens with one attached hydrogen (secondary N) is 1. The summed E-state index contributed by atoms with van der Waals surface area (Å²) in [5.74, 6) is 2.54. The van der Waals surface area contributed by atoms with Gasteiger partial charge in [0.05, 0.1) is 45.4 Å². The van der Waals surface area contributed by atoms with Crippen LogP contribution < -0.4 is 19.7 Å². The molecule has 6 heteroatoms. The maximum Gasteiger partial charge on any atom is 0.164 e. The summed E-state index contributed by atoms with van der Waals surface area (Å²) >= 11 is 0. The topological polar surface area (TPSA) is 55.9 Å². The molecule has 0 spiro atoms. The summed E-state index contributed by atoms with van der Waals surface area (Å²) < 4.78 is 16.4. The highest BCUT2D eigenvalue weighted by Gasteiger charge is 2.27. The fraction of sp³-hybridized carbons (Fsp3) is 0.450. The molecule has 1 saturated heterocycles. The third-order valence-electron chi connectivity index (χ3n) is 5.19. The second-order valence-electron chi connectivity index (χ2n) is 6.61. The molecule has 1 aliphatic heterocycles. The first-order valence-electron chi connectivity index (χ1n) is 9.09. The Morgan fingerprint density at radius 1 is 1.12 bits per heavy atom. The molecular weight excluding hydrogens is 330 g/mol. The summed E-state index contributed by atoms with van der Waals surface area (Å²) in [5, 5.41) is 3.57. The molecule has 26 heavy (non-hydrogen) atoms. The molecule has 1 aliphatic carbocycles. The standard InChI is InChI=1S/C20H25N3O3/c1-24-18-7-5-15-16(20(18)25-2)4-6-17(15)22-19-8-3-14(13-21-19)23-9-11-26-12-10-23/h3,5,7-8,13,17H,4,6,9-12H2,1-2H3,(H,21,22). The van der Waals surface area contributed by atoms with Gasteiger partial charge in [0.25, 0.3) is 0 Å². The van der Waals surface area contributed by atoms with Crippen LogP contribution in [0, 0.1) is 0 Å². The molecule has 0 amide bonds. The zero-order chi connectivity index (χ0) is 17.9. The van der Waals surface area contributed by atoms with E-state index in [1.165, 1.54) is 11.1 Å². The number of anilines is 2. The molecule has 0 radical (unpaired) electrons. The van der Waals surface area contributed by atoms with Crippen LogP contribution in [0.15, 0.2) is 30.5 Å². The number of morpholine rings is 1. The lowest BCUT2D eigenvalue weighted by Crippen LogP contribution is -2.36. The fourth-order valence-corrected chi connectivity index (χ4v) is 3.84. The third kappa shape index (κ3) is 3.17. The Kier molecular flexibility index (Phi) is 4.84. The number of pyridine rings is 1. The highest BCUT2D eigenvalue weighted by molar-refractivity contribution is 5.56. The van der Waals surface area contributed by atoms with Gasteiger partial charge in [-0.15, -0.1) is 0 Å². The van der Waals surface area contributed by atoms with Gasteiger partial charge in [0, 0.05) is 18.7 Å². The van der Waals surface area contributed by atoms with Gasteiger partial charge in [-0.1, -0.05) is 6.07 Å². The SMILES string of the molecule is COc1ccc2c(c1OC)CCC2Nc1ccc(N2CCOCC2)cn1. The van der Waals surface area contributed by atoms with Gasteiger partial charge in [0.2, 0.25) is 0 Å². The molecule has 0 saturated carbocycles. The van der Waals surface area contributed by atoms with E-state index in [1.807, 2.05) is 12.3 Å². The van der Waals surface area contributed by atoms with Crippen molar-refractivity contribution >= 4 is 11.5 Å². The quantitative estimate of drug-likeness (QED) is 0.890. The van der Waals surface area contributed by atoms with Crippen molar-refractivity contribution in [1.29, 1.82) is 0 Å². The van der Waals surface area contributed by atoms with Crippen molar-refractivity contribution in [3.05, 3.63) is 41.6 Å². The molecule has 0 bridgehead atoms. The number of methoxy groups -OCH3 is 2. The molecule has 2 heterocycles. The molecule has 1 aromatic carbocycles. The Labute approximate surface area is 154 Å². The summed E-state index contributed by atoms with van der Waals surface area (Å²) in [6.45, 7) is 3.41. The van der Waals surface area contributed by atoms with E-state index in [2.05, 4.69) is 33.4 Å². The normalized spacial score (nSPS) is 19.2. The van der Waals surface area contributed by atoms with E-state index < -0.39 is 0 Å². The molecule has 1 fully saturated rings. The van der Waals surface area contributed by atoms with Gasteiger partial charge < -0.3 is 24.4 Å². The Morgan fingerprint density at radius 3 is 2.65 bits per heavy atom. The second-order valence-corrected chi connectivity index (χ2v) is 6.61. The first kappa shape index (κ1) is 17.0. The molecule has 2 aliphatic rings. The second kappa shape index (κ2) is 7.41. The maximum absolute atomic E-state index is 5.58. The molecule has 1 N–H and O–H groups in total. The number of ether oxygens (including phenoxy) is 3. The number of benzene rings is 1. The molecule has 4 rings (SSSR count). The minimum absolute atomic E-state index is 0.242. The van der Waals surface area contributed by atoms with Crippen molar-refractivity contribution in [2.24, 2.45) is 0 Å². The van der Waals surface area contributed by atoms with E-state index in [-0.39, 0.29) is 6.04 Å². The van der Waals surface area contributed by atoms with Crippen LogP contribution in [0.3, 0.4) is 0 Å². The van der Waals surface area contributed by atoms with Crippen molar-refractivity contribution in [1.82, 2.24) is 4.98 Å². The molecule has 1 aromatic heterocycles. The van der Waals surface area contributed by atoms with Gasteiger partial charge in [-0.2, -0.15) is 0 Å². The molecule has 6 nitrogen and oxygen atoms in total. The first-order valence-corrected chi connectivity index (χ1v) is 9.09. The Bertz CT molecular complexity index is 758. The lowest BCUT2D eigenvalue weighted by atomic mass is 10.1. The van der Waals surface area contributed by atoms with Crippen molar-refractivity contribution in [3.8, 4) is 11.5 Å². The third-order valence-corrected chi connectivity index (χ3v) is 5.19. The number of rotatable bonds is 5. The monoisotopic (exact) mass is 355 g/mol. The van der Waals surface area contributed by atoms with E-state index in [0.29, 0.717) is 0 Å². The molecule has 1 unspecified atom stereocenters. The average molecular weight is 355 g/mol. The number of nitrogens with zero attached hydrogens (tertiary/aromatic N) is 2. The van der Waals surface area contributed by atoms with Crippen molar-refractivity contribution in [2.75, 3.05) is 50.7 Å². The largest absolute Gasteiger partial charge is 0.493 e. The van der Waals surface area contributed by atoms with Crippen LogP contribution in [0.4, 0.5) is 11.5 Å². The van der Waals surface area contributed by atoms with Crippen LogP contribution in [0.1, 0.15) is 23.6 Å². The predicted octanol–water partition coefficient (Wildman–Crippen LogP) is 3.03. The zero-order valence-electron chi connectivity index (χ0n) is 15.3. The lowest BCUT2D eigenvalue weighted by Gasteiger charge is -2.28. The maximum atomic E-state index is 5.58. The minimum atomic E-state index is 0.242. The van der Waals surface area contributed by atoms with Crippen LogP contribution in [0.5, 0.6) is 11.5 Å². The Morgan fingerprint density at radius 2 is 1.96 bits per heavy atom. The van der Waals surface area contributed by atoms with E-state index in [4.69, 9.17) is 14.2 Å². The van der Waals surface area contributed by atoms with Crippen molar-refractivity contribution in [2.45, 2.75) is 18.9 Å². The first-order chi connectivity index (χ1) is 12.8. The van der Waals surface area contributed by atoms with Gasteiger partial charge in [0.15, 0.2) is 11.5 Å². The summed E-state index contributed by atoms with van der Waals surface area (Å²) in [5.41, 5.74) is 3.65. The van der Waals surface area contributed by atoms with Crippen molar-refractivity contribution in [3.63, 3.8) is 0 Å². The highest BCUT2D eigenvalue weighted by atomic mass is 16.5. The number of aromatic nitrogens is 1. The smallest absolute Gasteiger partial charge is 0.164 e. The van der Waals surface area contributed by atoms with Gasteiger partial charge in [-0.25, -0.2) is 4.98 Å². The van der Waals surface area contributed by atoms with Gasteiger partial charge >= 0.3 is 0 Å². The summed E-state index contributed by atoms with van der Waals surface area (Å²) in [4.78, 5) is 6.92. The Balaban J connectivity index is 1.49. The predicted molar refractivity (Wildman–Crippen MR) is 101 cm³/mol. The van der Waals surface area contributed by atoms with Crippen molar-refractivity contribution < 1.29 is 14.2 Å². The molecule has 1 atom stereocenters. The highest BCUT2D eigenvalue weighted by Crippen LogP contribution is 2.43. The lowest BCUT2D eigenvalue weighted by molar-refractivity contribution is 0.122. The number of hydrogen-bond acceptors (Lipinski definition) is 6. The molecular formula is C20H25N3O3. The van der Waals surface area contributed by atoms with Gasteiger partial charge in [-0.05, 0) is 36.6 Å². The van der Waals surface area contributed by atoms with Crippen LogP contribution >= 0.6 is 0 Å². The number of hydrogen-bond donors (Lipinski definition) is 1. The van der Waals surface area contributed by atoms with Gasteiger partial charge in [0.1, 0.15) is 5.82 Å². The average Bonchev–Trinajstić information content (AvgIpc) is 3.11. The molecule has 138 valence electrons. The van der Waals surface area contributed by atoms with E-state index in [1.54, 1.807) is 14.2 Å². The summed E-state index contributed by atoms with van der Waals surface area (Å²) in [6, 6.07) is 8.54. The van der Waals surface area contributed by atoms with Crippen LogP contribution in [-0.4, -0.2) is 45.5 Å². The van der Waals surface area contributed by atoms with E-state index in [0.717, 1.165) is 62.1 Å². The van der Waals surface area contributed by atoms with E-state index in [9.17, 15) is 0 Å². The summed E-state index contributed by atoms with van der Waals surface area (Å²) in [6.07, 6.45) is 3.93. The van der Waals surface area contributed by atoms with Crippen LogP contribution in [-0.2, 0) is 11.2 Å². The van der Waals surface area contributed by atoms with Crippen LogP contribution in [0.2, 0.25) is 0 Å². The summed E-state index contributed by atoms with van der Waals surface area (Å²) in [7, 11) is 3.37. The number of fused-ring (bicyclic) bond motifs is 1.